The number of halogens is 1. The van der Waals surface area contributed by atoms with Gasteiger partial charge in [0.25, 0.3) is 0 Å². The molecule has 0 spiro atoms. The number of carbonyl (C=O) groups excluding carboxylic acids is 2. The molecule has 0 saturated carbocycles. The Kier molecular flexibility index (Phi) is 5.78. The van der Waals surface area contributed by atoms with Crippen molar-refractivity contribution in [2.45, 2.75) is 13.3 Å². The Morgan fingerprint density at radius 1 is 1.10 bits per heavy atom. The molecule has 0 saturated heterocycles. The highest BCUT2D eigenvalue weighted by atomic mass is 35.5. The number of benzene rings is 3. The molecule has 0 unspecified atom stereocenters. The van der Waals surface area contributed by atoms with E-state index in [1.54, 1.807) is 62.6 Å². The molecule has 4 rings (SSSR count). The highest BCUT2D eigenvalue weighted by Gasteiger charge is 2.30. The number of hydrogen-bond acceptors (Lipinski definition) is 5. The first-order chi connectivity index (χ1) is 14.9. The maximum atomic E-state index is 12.7. The number of Topliss-reactive ketones (excluding diaryl/α,β-unsaturated/α-hetero) is 1. The van der Waals surface area contributed by atoms with E-state index in [1.165, 1.54) is 0 Å². The van der Waals surface area contributed by atoms with E-state index in [0.717, 1.165) is 16.9 Å². The molecule has 0 bridgehead atoms. The molecule has 0 fully saturated rings. The highest BCUT2D eigenvalue weighted by molar-refractivity contribution is 6.30. The van der Waals surface area contributed by atoms with Crippen LogP contribution in [0.25, 0.3) is 6.08 Å². The minimum atomic E-state index is -0.410. The molecule has 3 aromatic rings. The monoisotopic (exact) mass is 434 g/mol. The van der Waals surface area contributed by atoms with Gasteiger partial charge in [-0.2, -0.15) is 0 Å². The summed E-state index contributed by atoms with van der Waals surface area (Å²) in [5.74, 6) is 1.03. The zero-order chi connectivity index (χ0) is 22.0. The van der Waals surface area contributed by atoms with Crippen molar-refractivity contribution >= 4 is 29.4 Å². The van der Waals surface area contributed by atoms with Crippen LogP contribution in [0, 0.1) is 6.92 Å². The summed E-state index contributed by atoms with van der Waals surface area (Å²) < 4.78 is 16.5. The van der Waals surface area contributed by atoms with Crippen molar-refractivity contribution in [2.24, 2.45) is 0 Å². The van der Waals surface area contributed by atoms with Gasteiger partial charge in [0.1, 0.15) is 17.2 Å². The van der Waals surface area contributed by atoms with Gasteiger partial charge < -0.3 is 14.2 Å². The molecule has 31 heavy (non-hydrogen) atoms. The molecule has 3 aromatic carbocycles. The number of methoxy groups -OCH3 is 1. The summed E-state index contributed by atoms with van der Waals surface area (Å²) in [6, 6.07) is 17.6. The van der Waals surface area contributed by atoms with Crippen LogP contribution in [0.2, 0.25) is 5.02 Å². The summed E-state index contributed by atoms with van der Waals surface area (Å²) in [6.07, 6.45) is 1.75. The van der Waals surface area contributed by atoms with Gasteiger partial charge in [-0.15, -0.1) is 0 Å². The second-order valence-corrected chi connectivity index (χ2v) is 7.50. The van der Waals surface area contributed by atoms with Crippen LogP contribution < -0.4 is 14.2 Å². The first-order valence-corrected chi connectivity index (χ1v) is 9.99. The third kappa shape index (κ3) is 4.47. The average molecular weight is 435 g/mol. The summed E-state index contributed by atoms with van der Waals surface area (Å²) >= 11 is 6.01. The molecule has 0 amide bonds. The van der Waals surface area contributed by atoms with Gasteiger partial charge in [0.2, 0.25) is 5.78 Å². The number of carbonyl (C=O) groups is 2. The lowest BCUT2D eigenvalue weighted by Gasteiger charge is -2.10. The van der Waals surface area contributed by atoms with Gasteiger partial charge in [0, 0.05) is 10.6 Å². The second-order valence-electron chi connectivity index (χ2n) is 7.06. The summed E-state index contributed by atoms with van der Waals surface area (Å²) in [5.41, 5.74) is 2.58. The predicted octanol–water partition coefficient (Wildman–Crippen LogP) is 5.42. The van der Waals surface area contributed by atoms with Gasteiger partial charge in [-0.1, -0.05) is 35.9 Å². The molecule has 1 aliphatic rings. The van der Waals surface area contributed by atoms with E-state index in [4.69, 9.17) is 25.8 Å². The van der Waals surface area contributed by atoms with Crippen LogP contribution in [0.4, 0.5) is 0 Å². The highest BCUT2D eigenvalue weighted by Crippen LogP contribution is 2.39. The van der Waals surface area contributed by atoms with E-state index in [1.807, 2.05) is 18.2 Å². The summed E-state index contributed by atoms with van der Waals surface area (Å²) in [5, 5.41) is 0.569. The Morgan fingerprint density at radius 3 is 2.58 bits per heavy atom. The lowest BCUT2D eigenvalue weighted by Crippen LogP contribution is -2.12. The van der Waals surface area contributed by atoms with Gasteiger partial charge >= 0.3 is 5.97 Å². The van der Waals surface area contributed by atoms with E-state index in [-0.39, 0.29) is 18.0 Å². The molecule has 156 valence electrons. The Hall–Kier alpha value is -3.57. The van der Waals surface area contributed by atoms with Gasteiger partial charge in [-0.25, -0.2) is 0 Å². The fraction of sp³-hybridized carbons (Fsp3) is 0.120. The predicted molar refractivity (Wildman–Crippen MR) is 118 cm³/mol. The lowest BCUT2D eigenvalue weighted by molar-refractivity contribution is -0.133. The van der Waals surface area contributed by atoms with Crippen molar-refractivity contribution in [3.05, 3.63) is 93.7 Å². The summed E-state index contributed by atoms with van der Waals surface area (Å²) in [6.45, 7) is 1.75. The molecule has 0 atom stereocenters. The van der Waals surface area contributed by atoms with Crippen molar-refractivity contribution in [1.82, 2.24) is 0 Å². The molecule has 5 nitrogen and oxygen atoms in total. The van der Waals surface area contributed by atoms with Crippen LogP contribution in [0.5, 0.6) is 17.2 Å². The zero-order valence-corrected chi connectivity index (χ0v) is 17.7. The SMILES string of the molecule is COc1ccc(CC(=O)Oc2ccc3c(c2C)O/C(=C\c2cccc(Cl)c2)C3=O)cc1. The van der Waals surface area contributed by atoms with Crippen molar-refractivity contribution in [2.75, 3.05) is 7.11 Å². The van der Waals surface area contributed by atoms with Crippen LogP contribution in [0.3, 0.4) is 0 Å². The number of esters is 1. The minimum Gasteiger partial charge on any atom is -0.497 e. The first-order valence-electron chi connectivity index (χ1n) is 9.61. The minimum absolute atomic E-state index is 0.111. The molecule has 0 radical (unpaired) electrons. The lowest BCUT2D eigenvalue weighted by atomic mass is 10.1. The fourth-order valence-electron chi connectivity index (χ4n) is 3.30. The largest absolute Gasteiger partial charge is 0.497 e. The van der Waals surface area contributed by atoms with E-state index in [0.29, 0.717) is 27.6 Å². The molecule has 0 N–H and O–H groups in total. The van der Waals surface area contributed by atoms with Crippen LogP contribution in [0.1, 0.15) is 27.0 Å². The molecule has 0 aliphatic carbocycles. The fourth-order valence-corrected chi connectivity index (χ4v) is 3.49. The number of rotatable bonds is 5. The van der Waals surface area contributed by atoms with Gasteiger partial charge in [-0.05, 0) is 60.5 Å². The Labute approximate surface area is 184 Å². The molecule has 0 aromatic heterocycles. The first kappa shape index (κ1) is 20.7. The van der Waals surface area contributed by atoms with Crippen molar-refractivity contribution in [3.8, 4) is 17.2 Å². The normalized spacial score (nSPS) is 13.6. The zero-order valence-electron chi connectivity index (χ0n) is 17.0. The smallest absolute Gasteiger partial charge is 0.315 e. The van der Waals surface area contributed by atoms with E-state index in [9.17, 15) is 9.59 Å². The standard InChI is InChI=1S/C25H19ClO5/c1-15-21(30-23(27)14-16-6-8-19(29-2)9-7-16)11-10-20-24(28)22(31-25(15)20)13-17-4-3-5-18(26)12-17/h3-13H,14H2,1-2H3/b22-13-. The molecular weight excluding hydrogens is 416 g/mol. The van der Waals surface area contributed by atoms with Crippen LogP contribution in [0.15, 0.2) is 66.4 Å². The van der Waals surface area contributed by atoms with Crippen LogP contribution in [-0.4, -0.2) is 18.9 Å². The van der Waals surface area contributed by atoms with Gasteiger partial charge in [0.05, 0.1) is 19.1 Å². The maximum Gasteiger partial charge on any atom is 0.315 e. The molecule has 1 heterocycles. The number of allylic oxidation sites excluding steroid dienone is 1. The number of hydrogen-bond donors (Lipinski definition) is 0. The third-order valence-electron chi connectivity index (χ3n) is 4.91. The van der Waals surface area contributed by atoms with Gasteiger partial charge in [-0.3, -0.25) is 9.59 Å². The number of ketones is 1. The molecule has 6 heteroatoms. The number of ether oxygens (including phenoxy) is 3. The van der Waals surface area contributed by atoms with Crippen LogP contribution in [-0.2, 0) is 11.2 Å². The average Bonchev–Trinajstić information content (AvgIpc) is 3.07. The van der Waals surface area contributed by atoms with E-state index < -0.39 is 5.97 Å². The Bertz CT molecular complexity index is 1200. The Morgan fingerprint density at radius 2 is 1.87 bits per heavy atom. The summed E-state index contributed by atoms with van der Waals surface area (Å²) in [7, 11) is 1.59. The molecular formula is C25H19ClO5. The van der Waals surface area contributed by atoms with Crippen LogP contribution >= 0.6 is 11.6 Å². The van der Waals surface area contributed by atoms with Crippen molar-refractivity contribution < 1.29 is 23.8 Å². The maximum absolute atomic E-state index is 12.7. The third-order valence-corrected chi connectivity index (χ3v) is 5.15. The molecule has 1 aliphatic heterocycles. The van der Waals surface area contributed by atoms with Crippen molar-refractivity contribution in [3.63, 3.8) is 0 Å². The quantitative estimate of drug-likeness (QED) is 0.305. The Balaban J connectivity index is 1.52. The van der Waals surface area contributed by atoms with E-state index >= 15 is 0 Å². The van der Waals surface area contributed by atoms with E-state index in [2.05, 4.69) is 0 Å². The summed E-state index contributed by atoms with van der Waals surface area (Å²) in [4.78, 5) is 25.1. The number of fused-ring (bicyclic) bond motifs is 1. The topological polar surface area (TPSA) is 61.8 Å². The van der Waals surface area contributed by atoms with Crippen molar-refractivity contribution in [1.29, 1.82) is 0 Å². The van der Waals surface area contributed by atoms with Gasteiger partial charge in [0.15, 0.2) is 5.76 Å². The second kappa shape index (κ2) is 8.66.